The Morgan fingerprint density at radius 1 is 1.27 bits per heavy atom. The van der Waals surface area contributed by atoms with E-state index in [1.807, 2.05) is 37.0 Å². The number of para-hydroxylation sites is 1. The number of aryl methyl sites for hydroxylation is 2. The molecule has 0 bridgehead atoms. The monoisotopic (exact) mass is 298 g/mol. The van der Waals surface area contributed by atoms with Crippen molar-refractivity contribution in [2.45, 2.75) is 20.3 Å². The molecule has 0 aliphatic heterocycles. The van der Waals surface area contributed by atoms with E-state index in [1.165, 1.54) is 17.3 Å². The molecule has 22 heavy (non-hydrogen) atoms. The molecule has 3 aromatic rings. The van der Waals surface area contributed by atoms with Crippen LogP contribution in [0.4, 0.5) is 10.1 Å². The first kappa shape index (κ1) is 14.5. The summed E-state index contributed by atoms with van der Waals surface area (Å²) in [7, 11) is 1.94. The Labute approximate surface area is 129 Å². The van der Waals surface area contributed by atoms with Crippen LogP contribution in [0.3, 0.4) is 0 Å². The van der Waals surface area contributed by atoms with Crippen LogP contribution < -0.4 is 5.32 Å². The van der Waals surface area contributed by atoms with Crippen LogP contribution in [0.5, 0.6) is 0 Å². The summed E-state index contributed by atoms with van der Waals surface area (Å²) in [4.78, 5) is 4.29. The van der Waals surface area contributed by atoms with Gasteiger partial charge in [0.2, 0.25) is 0 Å². The maximum atomic E-state index is 13.9. The van der Waals surface area contributed by atoms with Crippen LogP contribution in [0.2, 0.25) is 0 Å². The Balaban J connectivity index is 1.82. The third-order valence-corrected chi connectivity index (χ3v) is 3.97. The molecule has 0 aliphatic carbocycles. The molecule has 0 atom stereocenters. The molecule has 0 saturated heterocycles. The summed E-state index contributed by atoms with van der Waals surface area (Å²) >= 11 is 0. The highest BCUT2D eigenvalue weighted by atomic mass is 19.1. The summed E-state index contributed by atoms with van der Waals surface area (Å²) in [5.74, 6) is -0.285. The lowest BCUT2D eigenvalue weighted by Crippen LogP contribution is -2.07. The number of pyridine rings is 1. The van der Waals surface area contributed by atoms with Crippen LogP contribution in [0.25, 0.3) is 10.9 Å². The molecule has 0 amide bonds. The second-order valence-electron chi connectivity index (χ2n) is 5.50. The molecular weight excluding hydrogens is 279 g/mol. The third-order valence-electron chi connectivity index (χ3n) is 3.97. The van der Waals surface area contributed by atoms with Gasteiger partial charge in [-0.25, -0.2) is 9.37 Å². The molecule has 4 nitrogen and oxygen atoms in total. The fraction of sp³-hybridized carbons (Fsp3) is 0.294. The van der Waals surface area contributed by atoms with E-state index in [0.29, 0.717) is 5.52 Å². The molecule has 0 spiro atoms. The van der Waals surface area contributed by atoms with E-state index in [1.54, 1.807) is 6.07 Å². The van der Waals surface area contributed by atoms with Crippen molar-refractivity contribution < 1.29 is 4.39 Å². The van der Waals surface area contributed by atoms with E-state index in [0.717, 1.165) is 29.7 Å². The lowest BCUT2D eigenvalue weighted by Gasteiger charge is -2.11. The molecular formula is C17H19FN4. The fourth-order valence-corrected chi connectivity index (χ4v) is 2.61. The first-order chi connectivity index (χ1) is 10.6. The fourth-order valence-electron chi connectivity index (χ4n) is 2.61. The molecule has 1 N–H and O–H groups in total. The van der Waals surface area contributed by atoms with E-state index < -0.39 is 0 Å². The number of aromatic nitrogens is 3. The standard InChI is InChI=1S/C17H19FN4/c1-11-9-16(14-5-4-6-15(18)17(14)21-11)19-8-7-13-10-20-22(3)12(13)2/h4-6,9-10H,7-8H2,1-3H3,(H,19,21). The topological polar surface area (TPSA) is 42.7 Å². The third kappa shape index (κ3) is 2.66. The molecule has 2 aromatic heterocycles. The van der Waals surface area contributed by atoms with Crippen LogP contribution >= 0.6 is 0 Å². The first-order valence-corrected chi connectivity index (χ1v) is 7.33. The number of rotatable bonds is 4. The van der Waals surface area contributed by atoms with Crippen molar-refractivity contribution in [3.63, 3.8) is 0 Å². The highest BCUT2D eigenvalue weighted by molar-refractivity contribution is 5.91. The molecule has 5 heteroatoms. The minimum Gasteiger partial charge on any atom is -0.384 e. The zero-order valence-corrected chi connectivity index (χ0v) is 13.0. The Morgan fingerprint density at radius 2 is 2.09 bits per heavy atom. The minimum absolute atomic E-state index is 0.285. The Bertz CT molecular complexity index is 823. The largest absolute Gasteiger partial charge is 0.384 e. The van der Waals surface area contributed by atoms with E-state index in [9.17, 15) is 4.39 Å². The second-order valence-corrected chi connectivity index (χ2v) is 5.50. The van der Waals surface area contributed by atoms with Gasteiger partial charge in [0.15, 0.2) is 0 Å². The van der Waals surface area contributed by atoms with Gasteiger partial charge in [-0.3, -0.25) is 4.68 Å². The molecule has 0 fully saturated rings. The van der Waals surface area contributed by atoms with Crippen molar-refractivity contribution in [1.82, 2.24) is 14.8 Å². The molecule has 3 rings (SSSR count). The minimum atomic E-state index is -0.285. The van der Waals surface area contributed by atoms with Gasteiger partial charge < -0.3 is 5.32 Å². The van der Waals surface area contributed by atoms with Crippen LogP contribution in [0.15, 0.2) is 30.5 Å². The van der Waals surface area contributed by atoms with Gasteiger partial charge in [0.1, 0.15) is 11.3 Å². The predicted octanol–water partition coefficient (Wildman–Crippen LogP) is 3.38. The Hall–Kier alpha value is -2.43. The smallest absolute Gasteiger partial charge is 0.149 e. The highest BCUT2D eigenvalue weighted by Gasteiger charge is 2.08. The summed E-state index contributed by atoms with van der Waals surface area (Å²) in [5.41, 5.74) is 4.53. The van der Waals surface area contributed by atoms with Crippen LogP contribution in [-0.2, 0) is 13.5 Å². The average molecular weight is 298 g/mol. The second kappa shape index (κ2) is 5.75. The summed E-state index contributed by atoms with van der Waals surface area (Å²) in [6.45, 7) is 4.70. The van der Waals surface area contributed by atoms with E-state index >= 15 is 0 Å². The summed E-state index contributed by atoms with van der Waals surface area (Å²) in [6.07, 6.45) is 2.77. The number of nitrogens with one attached hydrogen (secondary N) is 1. The quantitative estimate of drug-likeness (QED) is 0.803. The maximum Gasteiger partial charge on any atom is 0.149 e. The molecule has 0 unspecified atom stereocenters. The number of anilines is 1. The van der Waals surface area contributed by atoms with Crippen molar-refractivity contribution >= 4 is 16.6 Å². The van der Waals surface area contributed by atoms with Crippen LogP contribution in [0, 0.1) is 19.7 Å². The average Bonchev–Trinajstić information content (AvgIpc) is 2.80. The number of benzene rings is 1. The Kier molecular flexibility index (Phi) is 3.79. The van der Waals surface area contributed by atoms with E-state index in [-0.39, 0.29) is 5.82 Å². The molecule has 2 heterocycles. The Morgan fingerprint density at radius 3 is 2.82 bits per heavy atom. The van der Waals surface area contributed by atoms with Gasteiger partial charge >= 0.3 is 0 Å². The lowest BCUT2D eigenvalue weighted by molar-refractivity contribution is 0.636. The first-order valence-electron chi connectivity index (χ1n) is 7.33. The van der Waals surface area contributed by atoms with Gasteiger partial charge in [0.05, 0.1) is 6.20 Å². The SMILES string of the molecule is Cc1cc(NCCc2cnn(C)c2C)c2cccc(F)c2n1. The molecule has 1 aromatic carbocycles. The van der Waals surface area contributed by atoms with Crippen molar-refractivity contribution in [2.75, 3.05) is 11.9 Å². The highest BCUT2D eigenvalue weighted by Crippen LogP contribution is 2.25. The summed E-state index contributed by atoms with van der Waals surface area (Å²) in [5, 5.41) is 8.46. The predicted molar refractivity (Wildman–Crippen MR) is 86.6 cm³/mol. The normalized spacial score (nSPS) is 11.1. The number of nitrogens with zero attached hydrogens (tertiary/aromatic N) is 3. The summed E-state index contributed by atoms with van der Waals surface area (Å²) < 4.78 is 15.8. The van der Waals surface area contributed by atoms with Gasteiger partial charge in [0.25, 0.3) is 0 Å². The van der Waals surface area contributed by atoms with Gasteiger partial charge in [-0.2, -0.15) is 5.10 Å². The van der Waals surface area contributed by atoms with Gasteiger partial charge in [-0.15, -0.1) is 0 Å². The van der Waals surface area contributed by atoms with Gasteiger partial charge in [0, 0.05) is 36.1 Å². The number of hydrogen-bond acceptors (Lipinski definition) is 3. The van der Waals surface area contributed by atoms with Gasteiger partial charge in [-0.1, -0.05) is 12.1 Å². The lowest BCUT2D eigenvalue weighted by atomic mass is 10.1. The van der Waals surface area contributed by atoms with Crippen molar-refractivity contribution in [3.8, 4) is 0 Å². The van der Waals surface area contributed by atoms with E-state index in [4.69, 9.17) is 0 Å². The zero-order valence-electron chi connectivity index (χ0n) is 13.0. The van der Waals surface area contributed by atoms with Gasteiger partial charge in [-0.05, 0) is 38.0 Å². The van der Waals surface area contributed by atoms with Crippen LogP contribution in [0.1, 0.15) is 17.0 Å². The van der Waals surface area contributed by atoms with Crippen molar-refractivity contribution in [3.05, 3.63) is 53.2 Å². The molecule has 0 saturated carbocycles. The number of fused-ring (bicyclic) bond motifs is 1. The molecule has 0 radical (unpaired) electrons. The summed E-state index contributed by atoms with van der Waals surface area (Å²) in [6, 6.07) is 7.00. The molecule has 114 valence electrons. The molecule has 0 aliphatic rings. The van der Waals surface area contributed by atoms with Crippen molar-refractivity contribution in [1.29, 1.82) is 0 Å². The van der Waals surface area contributed by atoms with Crippen molar-refractivity contribution in [2.24, 2.45) is 7.05 Å². The maximum absolute atomic E-state index is 13.9. The number of hydrogen-bond donors (Lipinski definition) is 1. The van der Waals surface area contributed by atoms with Crippen LogP contribution in [-0.4, -0.2) is 21.3 Å². The van der Waals surface area contributed by atoms with E-state index in [2.05, 4.69) is 22.3 Å². The number of halogens is 1. The zero-order chi connectivity index (χ0) is 15.7.